The van der Waals surface area contributed by atoms with Crippen LogP contribution in [0, 0.1) is 0 Å². The number of rotatable bonds is 6. The van der Waals surface area contributed by atoms with Gasteiger partial charge in [0.1, 0.15) is 0 Å². The third kappa shape index (κ3) is 4.53. The minimum absolute atomic E-state index is 0.480. The van der Waals surface area contributed by atoms with Gasteiger partial charge in [0, 0.05) is 18.6 Å². The summed E-state index contributed by atoms with van der Waals surface area (Å²) in [7, 11) is 4.49. The van der Waals surface area contributed by atoms with E-state index in [0.717, 1.165) is 13.0 Å². The highest BCUT2D eigenvalue weighted by Crippen LogP contribution is 2.24. The number of nitrogens with zero attached hydrogens (tertiary/aromatic N) is 2. The Kier molecular flexibility index (Phi) is 6.22. The zero-order valence-corrected chi connectivity index (χ0v) is 13.8. The van der Waals surface area contributed by atoms with Crippen LogP contribution in [0.3, 0.4) is 0 Å². The SMILES string of the molecule is CC(CC(CN)N(C)C1CCN(C)CC1)c1ccccc1. The highest BCUT2D eigenvalue weighted by molar-refractivity contribution is 5.19. The Bertz CT molecular complexity index is 398. The molecule has 2 atom stereocenters. The lowest BCUT2D eigenvalue weighted by Crippen LogP contribution is -2.49. The summed E-state index contributed by atoms with van der Waals surface area (Å²) in [4.78, 5) is 4.97. The highest BCUT2D eigenvalue weighted by Gasteiger charge is 2.26. The van der Waals surface area contributed by atoms with Crippen LogP contribution in [-0.2, 0) is 0 Å². The van der Waals surface area contributed by atoms with E-state index in [4.69, 9.17) is 5.73 Å². The maximum atomic E-state index is 6.08. The molecule has 0 bridgehead atoms. The Labute approximate surface area is 130 Å². The van der Waals surface area contributed by atoms with Gasteiger partial charge in [-0.3, -0.25) is 4.90 Å². The van der Waals surface area contributed by atoms with Crippen LogP contribution in [0.4, 0.5) is 0 Å². The van der Waals surface area contributed by atoms with E-state index in [2.05, 4.69) is 61.2 Å². The normalized spacial score (nSPS) is 20.6. The van der Waals surface area contributed by atoms with Gasteiger partial charge >= 0.3 is 0 Å². The number of likely N-dealkylation sites (tertiary alicyclic amines) is 1. The summed E-state index contributed by atoms with van der Waals surface area (Å²) in [6.45, 7) is 5.49. The van der Waals surface area contributed by atoms with Gasteiger partial charge in [-0.05, 0) is 57.9 Å². The van der Waals surface area contributed by atoms with Gasteiger partial charge in [0.2, 0.25) is 0 Å². The molecule has 3 nitrogen and oxygen atoms in total. The van der Waals surface area contributed by atoms with E-state index in [1.165, 1.54) is 31.5 Å². The molecule has 0 radical (unpaired) electrons. The van der Waals surface area contributed by atoms with Crippen LogP contribution >= 0.6 is 0 Å². The fourth-order valence-corrected chi connectivity index (χ4v) is 3.45. The van der Waals surface area contributed by atoms with E-state index in [0.29, 0.717) is 18.0 Å². The second-order valence-electron chi connectivity index (χ2n) is 6.64. The summed E-state index contributed by atoms with van der Waals surface area (Å²) in [6.07, 6.45) is 3.68. The molecule has 1 aliphatic heterocycles. The van der Waals surface area contributed by atoms with Gasteiger partial charge in [0.05, 0.1) is 0 Å². The van der Waals surface area contributed by atoms with Crippen LogP contribution in [0.2, 0.25) is 0 Å². The molecule has 1 aliphatic rings. The van der Waals surface area contributed by atoms with Crippen LogP contribution < -0.4 is 5.73 Å². The molecule has 2 rings (SSSR count). The van der Waals surface area contributed by atoms with Crippen LogP contribution in [0.1, 0.15) is 37.7 Å². The van der Waals surface area contributed by atoms with Crippen molar-refractivity contribution in [3.8, 4) is 0 Å². The topological polar surface area (TPSA) is 32.5 Å². The first-order valence-electron chi connectivity index (χ1n) is 8.27. The van der Waals surface area contributed by atoms with Crippen molar-refractivity contribution < 1.29 is 0 Å². The first kappa shape index (κ1) is 16.5. The van der Waals surface area contributed by atoms with E-state index >= 15 is 0 Å². The molecule has 0 saturated carbocycles. The van der Waals surface area contributed by atoms with Gasteiger partial charge in [-0.2, -0.15) is 0 Å². The molecular weight excluding hydrogens is 258 g/mol. The smallest absolute Gasteiger partial charge is 0.0224 e. The van der Waals surface area contributed by atoms with E-state index in [9.17, 15) is 0 Å². The highest BCUT2D eigenvalue weighted by atomic mass is 15.2. The molecule has 1 aromatic rings. The quantitative estimate of drug-likeness (QED) is 0.873. The average Bonchev–Trinajstić information content (AvgIpc) is 2.53. The molecule has 1 saturated heterocycles. The number of benzene rings is 1. The van der Waals surface area contributed by atoms with Crippen molar-refractivity contribution in [3.63, 3.8) is 0 Å². The van der Waals surface area contributed by atoms with Crippen LogP contribution in [0.25, 0.3) is 0 Å². The summed E-state index contributed by atoms with van der Waals surface area (Å²) < 4.78 is 0. The van der Waals surface area contributed by atoms with Crippen molar-refractivity contribution >= 4 is 0 Å². The zero-order valence-electron chi connectivity index (χ0n) is 13.8. The molecule has 3 heteroatoms. The molecule has 0 aliphatic carbocycles. The lowest BCUT2D eigenvalue weighted by atomic mass is 9.92. The van der Waals surface area contributed by atoms with Crippen molar-refractivity contribution in [2.75, 3.05) is 33.7 Å². The maximum Gasteiger partial charge on any atom is 0.0224 e. The second kappa shape index (κ2) is 7.92. The van der Waals surface area contributed by atoms with Gasteiger partial charge in [-0.25, -0.2) is 0 Å². The number of hydrogen-bond donors (Lipinski definition) is 1. The minimum Gasteiger partial charge on any atom is -0.329 e. The molecule has 21 heavy (non-hydrogen) atoms. The Morgan fingerprint density at radius 1 is 1.24 bits per heavy atom. The Hall–Kier alpha value is -0.900. The molecule has 1 aromatic carbocycles. The summed E-state index contributed by atoms with van der Waals surface area (Å²) in [5.74, 6) is 0.563. The first-order valence-corrected chi connectivity index (χ1v) is 8.27. The van der Waals surface area contributed by atoms with Gasteiger partial charge < -0.3 is 10.6 Å². The molecule has 2 N–H and O–H groups in total. The molecule has 1 fully saturated rings. The predicted molar refractivity (Wildman–Crippen MR) is 90.6 cm³/mol. The Morgan fingerprint density at radius 2 is 1.86 bits per heavy atom. The molecule has 1 heterocycles. The molecule has 0 spiro atoms. The molecule has 0 aromatic heterocycles. The fourth-order valence-electron chi connectivity index (χ4n) is 3.45. The maximum absolute atomic E-state index is 6.08. The number of nitrogens with two attached hydrogens (primary N) is 1. The Morgan fingerprint density at radius 3 is 2.43 bits per heavy atom. The van der Waals surface area contributed by atoms with Crippen molar-refractivity contribution in [3.05, 3.63) is 35.9 Å². The number of hydrogen-bond acceptors (Lipinski definition) is 3. The van der Waals surface area contributed by atoms with Gasteiger partial charge in [-0.15, -0.1) is 0 Å². The third-order valence-corrected chi connectivity index (χ3v) is 5.11. The number of piperidine rings is 1. The summed E-state index contributed by atoms with van der Waals surface area (Å²) in [5, 5.41) is 0. The molecular formula is C18H31N3. The lowest BCUT2D eigenvalue weighted by Gasteiger charge is -2.40. The summed E-state index contributed by atoms with van der Waals surface area (Å²) in [6, 6.07) is 12.0. The largest absolute Gasteiger partial charge is 0.329 e. The third-order valence-electron chi connectivity index (χ3n) is 5.11. The average molecular weight is 289 g/mol. The number of likely N-dealkylation sites (N-methyl/N-ethyl adjacent to an activating group) is 1. The van der Waals surface area contributed by atoms with E-state index < -0.39 is 0 Å². The van der Waals surface area contributed by atoms with Gasteiger partial charge in [-0.1, -0.05) is 37.3 Å². The van der Waals surface area contributed by atoms with Gasteiger partial charge in [0.25, 0.3) is 0 Å². The van der Waals surface area contributed by atoms with Crippen LogP contribution in [0.15, 0.2) is 30.3 Å². The minimum atomic E-state index is 0.480. The first-order chi connectivity index (χ1) is 10.1. The summed E-state index contributed by atoms with van der Waals surface area (Å²) >= 11 is 0. The van der Waals surface area contributed by atoms with E-state index in [1.807, 2.05) is 0 Å². The lowest BCUT2D eigenvalue weighted by molar-refractivity contribution is 0.103. The van der Waals surface area contributed by atoms with Crippen molar-refractivity contribution in [2.45, 2.75) is 44.2 Å². The van der Waals surface area contributed by atoms with E-state index in [1.54, 1.807) is 0 Å². The second-order valence-corrected chi connectivity index (χ2v) is 6.64. The zero-order chi connectivity index (χ0) is 15.2. The van der Waals surface area contributed by atoms with Crippen LogP contribution in [0.5, 0.6) is 0 Å². The van der Waals surface area contributed by atoms with Crippen molar-refractivity contribution in [2.24, 2.45) is 5.73 Å². The van der Waals surface area contributed by atoms with Crippen molar-refractivity contribution in [1.29, 1.82) is 0 Å². The standard InChI is InChI=1S/C18H31N3/c1-15(16-7-5-4-6-8-16)13-18(14-19)21(3)17-9-11-20(2)12-10-17/h4-8,15,17-18H,9-14,19H2,1-3H3. The predicted octanol–water partition coefficient (Wildman–Crippen LogP) is 2.53. The molecule has 0 amide bonds. The summed E-state index contributed by atoms with van der Waals surface area (Å²) in [5.41, 5.74) is 7.51. The monoisotopic (exact) mass is 289 g/mol. The van der Waals surface area contributed by atoms with Crippen LogP contribution in [-0.4, -0.2) is 55.6 Å². The van der Waals surface area contributed by atoms with Gasteiger partial charge in [0.15, 0.2) is 0 Å². The fraction of sp³-hybridized carbons (Fsp3) is 0.667. The molecule has 118 valence electrons. The van der Waals surface area contributed by atoms with E-state index in [-0.39, 0.29) is 0 Å². The molecule has 2 unspecified atom stereocenters. The Balaban J connectivity index is 1.92. The van der Waals surface area contributed by atoms with Crippen molar-refractivity contribution in [1.82, 2.24) is 9.80 Å².